The van der Waals surface area contributed by atoms with Gasteiger partial charge in [0, 0.05) is 32.4 Å². The van der Waals surface area contributed by atoms with Crippen LogP contribution in [0.3, 0.4) is 0 Å². The van der Waals surface area contributed by atoms with Gasteiger partial charge in [-0.1, -0.05) is 17.4 Å². The van der Waals surface area contributed by atoms with Gasteiger partial charge in [-0.05, 0) is 37.4 Å². The van der Waals surface area contributed by atoms with E-state index in [0.717, 1.165) is 43.9 Å². The fourth-order valence-electron chi connectivity index (χ4n) is 4.41. The van der Waals surface area contributed by atoms with E-state index >= 15 is 0 Å². The van der Waals surface area contributed by atoms with Gasteiger partial charge >= 0.3 is 0 Å². The van der Waals surface area contributed by atoms with Gasteiger partial charge < -0.3 is 4.90 Å². The molecule has 142 valence electrons. The van der Waals surface area contributed by atoms with E-state index in [0.29, 0.717) is 18.5 Å². The minimum Gasteiger partial charge on any atom is -0.342 e. The molecule has 2 bridgehead atoms. The van der Waals surface area contributed by atoms with Crippen LogP contribution in [0, 0.1) is 11.8 Å². The highest BCUT2D eigenvalue weighted by Crippen LogP contribution is 2.37. The first kappa shape index (κ1) is 17.9. The van der Waals surface area contributed by atoms with E-state index in [2.05, 4.69) is 26.8 Å². The molecular weight excluding hydrogens is 340 g/mol. The Morgan fingerprint density at radius 3 is 3.00 bits per heavy atom. The van der Waals surface area contributed by atoms with E-state index in [-0.39, 0.29) is 11.8 Å². The summed E-state index contributed by atoms with van der Waals surface area (Å²) in [6.07, 6.45) is 7.65. The maximum absolute atomic E-state index is 12.7. The molecule has 27 heavy (non-hydrogen) atoms. The number of pyridine rings is 1. The number of amides is 1. The maximum Gasteiger partial charge on any atom is 0.227 e. The summed E-state index contributed by atoms with van der Waals surface area (Å²) in [6.45, 7) is 7.06. The number of carbonyl (C=O) groups excluding carboxylic acids is 1. The van der Waals surface area contributed by atoms with Gasteiger partial charge in [0.25, 0.3) is 0 Å². The first-order valence-electron chi connectivity index (χ1n) is 9.57. The van der Waals surface area contributed by atoms with Crippen LogP contribution in [0.2, 0.25) is 0 Å². The molecule has 3 saturated heterocycles. The van der Waals surface area contributed by atoms with Gasteiger partial charge in [-0.25, -0.2) is 0 Å². The lowest BCUT2D eigenvalue weighted by molar-refractivity contribution is -0.142. The van der Waals surface area contributed by atoms with Gasteiger partial charge in [0.2, 0.25) is 5.91 Å². The highest BCUT2D eigenvalue weighted by Gasteiger charge is 2.44. The molecule has 0 aliphatic carbocycles. The van der Waals surface area contributed by atoms with Gasteiger partial charge in [0.15, 0.2) is 0 Å². The van der Waals surface area contributed by atoms with Gasteiger partial charge in [-0.15, -0.1) is 11.7 Å². The summed E-state index contributed by atoms with van der Waals surface area (Å²) in [6, 6.07) is 6.20. The van der Waals surface area contributed by atoms with Crippen LogP contribution in [0.4, 0.5) is 0 Å². The van der Waals surface area contributed by atoms with Crippen molar-refractivity contribution < 1.29 is 4.79 Å². The summed E-state index contributed by atoms with van der Waals surface area (Å²) in [5, 5.41) is 8.55. The monoisotopic (exact) mass is 366 g/mol. The zero-order valence-electron chi connectivity index (χ0n) is 15.7. The Balaban J connectivity index is 1.41. The molecule has 5 heterocycles. The van der Waals surface area contributed by atoms with Gasteiger partial charge in [-0.3, -0.25) is 19.4 Å². The van der Waals surface area contributed by atoms with Crippen molar-refractivity contribution in [3.05, 3.63) is 43.2 Å². The van der Waals surface area contributed by atoms with Gasteiger partial charge in [-0.2, -0.15) is 0 Å². The van der Waals surface area contributed by atoms with Gasteiger partial charge in [0.05, 0.1) is 24.4 Å². The van der Waals surface area contributed by atoms with Crippen LogP contribution in [0.1, 0.15) is 12.8 Å². The molecule has 0 radical (unpaired) electrons. The van der Waals surface area contributed by atoms with E-state index < -0.39 is 0 Å². The third-order valence-corrected chi connectivity index (χ3v) is 5.84. The summed E-state index contributed by atoms with van der Waals surface area (Å²) < 4.78 is 1.91. The van der Waals surface area contributed by atoms with Crippen molar-refractivity contribution in [3.63, 3.8) is 0 Å². The Kier molecular flexibility index (Phi) is 5.03. The average molecular weight is 366 g/mol. The lowest BCUT2D eigenvalue weighted by atomic mass is 9.75. The van der Waals surface area contributed by atoms with E-state index in [1.807, 2.05) is 36.1 Å². The highest BCUT2D eigenvalue weighted by molar-refractivity contribution is 5.79. The topological polar surface area (TPSA) is 67.2 Å². The van der Waals surface area contributed by atoms with Crippen molar-refractivity contribution in [3.8, 4) is 11.4 Å². The van der Waals surface area contributed by atoms with Crippen LogP contribution in [-0.4, -0.2) is 68.4 Å². The first-order chi connectivity index (χ1) is 13.2. The molecule has 0 spiro atoms. The van der Waals surface area contributed by atoms with Crippen molar-refractivity contribution in [1.82, 2.24) is 29.8 Å². The third kappa shape index (κ3) is 3.64. The zero-order valence-corrected chi connectivity index (χ0v) is 15.7. The summed E-state index contributed by atoms with van der Waals surface area (Å²) in [4.78, 5) is 21.3. The maximum atomic E-state index is 12.7. The van der Waals surface area contributed by atoms with Crippen molar-refractivity contribution >= 4 is 5.91 Å². The minimum absolute atomic E-state index is 0.111. The lowest BCUT2D eigenvalue weighted by Crippen LogP contribution is -2.58. The zero-order chi connectivity index (χ0) is 18.8. The van der Waals surface area contributed by atoms with Crippen LogP contribution >= 0.6 is 0 Å². The number of hydrogen-bond acceptors (Lipinski definition) is 5. The Labute approximate surface area is 159 Å². The molecule has 2 aromatic heterocycles. The van der Waals surface area contributed by atoms with Crippen LogP contribution in [0.15, 0.2) is 43.2 Å². The molecule has 4 atom stereocenters. The second-order valence-corrected chi connectivity index (χ2v) is 7.59. The SMILES string of the molecule is C=CCN(C)C(=O)C1CN2CCC1CC2Cn1cc(-c2ccccn2)nn1. The predicted molar refractivity (Wildman–Crippen MR) is 103 cm³/mol. The van der Waals surface area contributed by atoms with Crippen LogP contribution in [0.25, 0.3) is 11.4 Å². The molecule has 0 N–H and O–H groups in total. The number of nitrogens with zero attached hydrogens (tertiary/aromatic N) is 6. The Morgan fingerprint density at radius 1 is 1.41 bits per heavy atom. The largest absolute Gasteiger partial charge is 0.342 e. The first-order valence-corrected chi connectivity index (χ1v) is 9.57. The second kappa shape index (κ2) is 7.60. The summed E-state index contributed by atoms with van der Waals surface area (Å²) >= 11 is 0. The van der Waals surface area contributed by atoms with Crippen LogP contribution in [-0.2, 0) is 11.3 Å². The van der Waals surface area contributed by atoms with Gasteiger partial charge in [0.1, 0.15) is 5.69 Å². The second-order valence-electron chi connectivity index (χ2n) is 7.59. The highest BCUT2D eigenvalue weighted by atomic mass is 16.2. The number of piperidine rings is 3. The smallest absolute Gasteiger partial charge is 0.227 e. The molecule has 5 rings (SSSR count). The van der Waals surface area contributed by atoms with E-state index in [9.17, 15) is 4.79 Å². The molecule has 4 unspecified atom stereocenters. The van der Waals surface area contributed by atoms with Crippen molar-refractivity contribution in [2.45, 2.75) is 25.4 Å². The molecule has 7 nitrogen and oxygen atoms in total. The minimum atomic E-state index is 0.111. The summed E-state index contributed by atoms with van der Waals surface area (Å²) in [5.74, 6) is 0.819. The standard InChI is InChI=1S/C20H26N6O/c1-3-9-24(2)20(27)17-13-25-10-7-15(17)11-16(25)12-26-14-19(22-23-26)18-6-4-5-8-21-18/h3-6,8,14-17H,1,7,9-13H2,2H3. The normalized spacial score (nSPS) is 26.7. The average Bonchev–Trinajstić information content (AvgIpc) is 3.17. The Morgan fingerprint density at radius 2 is 2.30 bits per heavy atom. The quantitative estimate of drug-likeness (QED) is 0.728. The Bertz CT molecular complexity index is 804. The van der Waals surface area contributed by atoms with E-state index in [1.54, 1.807) is 17.2 Å². The third-order valence-electron chi connectivity index (χ3n) is 5.84. The molecule has 2 aromatic rings. The van der Waals surface area contributed by atoms with Crippen molar-refractivity contribution in [1.29, 1.82) is 0 Å². The van der Waals surface area contributed by atoms with E-state index in [1.165, 1.54) is 0 Å². The van der Waals surface area contributed by atoms with Crippen molar-refractivity contribution in [2.24, 2.45) is 11.8 Å². The lowest BCUT2D eigenvalue weighted by Gasteiger charge is -2.49. The molecule has 0 aromatic carbocycles. The van der Waals surface area contributed by atoms with Crippen LogP contribution < -0.4 is 0 Å². The predicted octanol–water partition coefficient (Wildman–Crippen LogP) is 1.69. The molecule has 3 aliphatic rings. The van der Waals surface area contributed by atoms with Crippen molar-refractivity contribution in [2.75, 3.05) is 26.7 Å². The van der Waals surface area contributed by atoms with E-state index in [4.69, 9.17) is 0 Å². The number of likely N-dealkylation sites (N-methyl/N-ethyl adjacent to an activating group) is 1. The number of aromatic nitrogens is 4. The number of carbonyl (C=O) groups is 1. The molecular formula is C20H26N6O. The fourth-order valence-corrected chi connectivity index (χ4v) is 4.41. The molecule has 7 heteroatoms. The number of fused-ring (bicyclic) bond motifs is 3. The molecule has 0 saturated carbocycles. The Hall–Kier alpha value is -2.54. The summed E-state index contributed by atoms with van der Waals surface area (Å²) in [5.41, 5.74) is 1.64. The molecule has 1 amide bonds. The summed E-state index contributed by atoms with van der Waals surface area (Å²) in [7, 11) is 1.87. The number of hydrogen-bond donors (Lipinski definition) is 0. The molecule has 3 fully saturated rings. The molecule has 3 aliphatic heterocycles. The number of rotatable bonds is 6. The van der Waals surface area contributed by atoms with Crippen LogP contribution in [0.5, 0.6) is 0 Å². The fraction of sp³-hybridized carbons (Fsp3) is 0.500.